The number of aliphatic imine (C=N–C) groups is 1. The number of carboxylic acids is 1. The van der Waals surface area contributed by atoms with Crippen LogP contribution in [-0.2, 0) is 6.42 Å². The number of benzene rings is 1. The van der Waals surface area contributed by atoms with Gasteiger partial charge >= 0.3 is 5.97 Å². The largest absolute Gasteiger partial charge is 0.478 e. The van der Waals surface area contributed by atoms with Gasteiger partial charge in [0.15, 0.2) is 28.4 Å². The number of nitrogens with one attached hydrogen (secondary N) is 1. The molecule has 11 heteroatoms. The first-order valence-electron chi connectivity index (χ1n) is 8.30. The number of nitrogen functional groups attached to an aromatic ring is 2. The number of aryl methyl sites for hydroxylation is 1. The van der Waals surface area contributed by atoms with Crippen molar-refractivity contribution >= 4 is 41.1 Å². The van der Waals surface area contributed by atoms with E-state index in [9.17, 15) is 9.59 Å². The van der Waals surface area contributed by atoms with Gasteiger partial charge in [-0.2, -0.15) is 0 Å². The van der Waals surface area contributed by atoms with Crippen LogP contribution in [0.4, 0.5) is 11.6 Å². The first-order chi connectivity index (χ1) is 13.3. The smallest absolute Gasteiger partial charge is 0.335 e. The van der Waals surface area contributed by atoms with Gasteiger partial charge in [-0.25, -0.2) is 14.8 Å². The van der Waals surface area contributed by atoms with Gasteiger partial charge in [-0.15, -0.1) is 0 Å². The maximum Gasteiger partial charge on any atom is 0.335 e. The van der Waals surface area contributed by atoms with Crippen LogP contribution in [0.5, 0.6) is 0 Å². The fraction of sp³-hybridized carbons (Fsp3) is 0.235. The van der Waals surface area contributed by atoms with Crippen molar-refractivity contribution in [1.29, 1.82) is 0 Å². The third kappa shape index (κ3) is 5.81. The lowest BCUT2D eigenvalue weighted by molar-refractivity contribution is 0.0696. The molecule has 0 aliphatic heterocycles. The minimum absolute atomic E-state index is 0.0741. The number of aromatic carboxylic acids is 1. The topological polar surface area (TPSA) is 183 Å². The van der Waals surface area contributed by atoms with Gasteiger partial charge in [-0.3, -0.25) is 15.1 Å². The van der Waals surface area contributed by atoms with E-state index in [1.165, 1.54) is 0 Å². The Labute approximate surface area is 165 Å². The maximum absolute atomic E-state index is 12.1. The molecule has 28 heavy (non-hydrogen) atoms. The van der Waals surface area contributed by atoms with Crippen molar-refractivity contribution in [2.75, 3.05) is 18.0 Å². The summed E-state index contributed by atoms with van der Waals surface area (Å²) >= 11 is 5.73. The summed E-state index contributed by atoms with van der Waals surface area (Å²) in [7, 11) is 0. The van der Waals surface area contributed by atoms with Gasteiger partial charge in [0, 0.05) is 6.54 Å². The Kier molecular flexibility index (Phi) is 7.10. The minimum Gasteiger partial charge on any atom is -0.478 e. The fourth-order valence-electron chi connectivity index (χ4n) is 2.28. The van der Waals surface area contributed by atoms with Crippen LogP contribution in [0, 0.1) is 0 Å². The predicted octanol–water partition coefficient (Wildman–Crippen LogP) is 1.06. The molecule has 0 aliphatic carbocycles. The first-order valence-corrected chi connectivity index (χ1v) is 8.67. The third-order valence-corrected chi connectivity index (χ3v) is 4.00. The summed E-state index contributed by atoms with van der Waals surface area (Å²) in [6, 6.07) is 6.71. The van der Waals surface area contributed by atoms with Crippen molar-refractivity contribution < 1.29 is 14.7 Å². The third-order valence-electron chi connectivity index (χ3n) is 3.72. The second-order valence-electron chi connectivity index (χ2n) is 5.81. The molecule has 0 atom stereocenters. The molecule has 1 aromatic carbocycles. The fourth-order valence-corrected chi connectivity index (χ4v) is 2.40. The lowest BCUT2D eigenvalue weighted by Crippen LogP contribution is -2.38. The van der Waals surface area contributed by atoms with Crippen LogP contribution >= 0.6 is 11.6 Å². The second kappa shape index (κ2) is 9.51. The molecular weight excluding hydrogens is 386 g/mol. The van der Waals surface area contributed by atoms with E-state index in [2.05, 4.69) is 20.3 Å². The van der Waals surface area contributed by atoms with Crippen molar-refractivity contribution in [3.63, 3.8) is 0 Å². The van der Waals surface area contributed by atoms with Crippen molar-refractivity contribution in [3.8, 4) is 0 Å². The summed E-state index contributed by atoms with van der Waals surface area (Å²) in [6.07, 6.45) is 2.33. The minimum atomic E-state index is -0.951. The highest BCUT2D eigenvalue weighted by Crippen LogP contribution is 2.17. The van der Waals surface area contributed by atoms with Crippen LogP contribution in [0.15, 0.2) is 29.3 Å². The van der Waals surface area contributed by atoms with Gasteiger partial charge in [0.05, 0.1) is 5.56 Å². The van der Waals surface area contributed by atoms with Crippen molar-refractivity contribution in [1.82, 2.24) is 15.3 Å². The molecular formula is C17H20ClN7O3. The number of unbranched alkanes of at least 4 members (excludes halogenated alkanes) is 1. The number of rotatable bonds is 7. The molecule has 0 spiro atoms. The Balaban J connectivity index is 1.79. The summed E-state index contributed by atoms with van der Waals surface area (Å²) in [5, 5.41) is 11.1. The summed E-state index contributed by atoms with van der Waals surface area (Å²) in [4.78, 5) is 34.5. The zero-order valence-electron chi connectivity index (χ0n) is 14.9. The van der Waals surface area contributed by atoms with E-state index in [0.29, 0.717) is 6.54 Å². The summed E-state index contributed by atoms with van der Waals surface area (Å²) < 4.78 is 0. The number of hydrogen-bond acceptors (Lipinski definition) is 7. The van der Waals surface area contributed by atoms with E-state index in [1.54, 1.807) is 24.3 Å². The average Bonchev–Trinajstić information content (AvgIpc) is 2.64. The van der Waals surface area contributed by atoms with Gasteiger partial charge < -0.3 is 22.3 Å². The van der Waals surface area contributed by atoms with E-state index in [0.717, 1.165) is 24.8 Å². The molecule has 0 saturated carbocycles. The molecule has 0 fully saturated rings. The van der Waals surface area contributed by atoms with Crippen LogP contribution in [0.25, 0.3) is 0 Å². The number of anilines is 2. The number of aromatic nitrogens is 2. The van der Waals surface area contributed by atoms with Crippen LogP contribution in [0.3, 0.4) is 0 Å². The second-order valence-corrected chi connectivity index (χ2v) is 6.17. The lowest BCUT2D eigenvalue weighted by Gasteiger charge is -2.07. The number of amides is 1. The molecule has 0 saturated heterocycles. The summed E-state index contributed by atoms with van der Waals surface area (Å²) in [5.41, 5.74) is 17.8. The Morgan fingerprint density at radius 3 is 2.43 bits per heavy atom. The molecule has 2 rings (SSSR count). The summed E-state index contributed by atoms with van der Waals surface area (Å²) in [5.74, 6) is -1.96. The number of carbonyl (C=O) groups excluding carboxylic acids is 1. The molecule has 2 aromatic rings. The number of nitrogens with zero attached hydrogens (tertiary/aromatic N) is 3. The Bertz CT molecular complexity index is 900. The van der Waals surface area contributed by atoms with E-state index >= 15 is 0 Å². The van der Waals surface area contributed by atoms with Crippen LogP contribution in [-0.4, -0.2) is 39.5 Å². The number of carbonyl (C=O) groups is 2. The zero-order chi connectivity index (χ0) is 20.7. The molecule has 148 valence electrons. The van der Waals surface area contributed by atoms with Crippen LogP contribution in [0.2, 0.25) is 5.15 Å². The normalized spacial score (nSPS) is 11.2. The van der Waals surface area contributed by atoms with Crippen LogP contribution < -0.4 is 22.5 Å². The van der Waals surface area contributed by atoms with Gasteiger partial charge in [0.2, 0.25) is 0 Å². The van der Waals surface area contributed by atoms with Gasteiger partial charge in [-0.05, 0) is 37.0 Å². The molecule has 1 amide bonds. The molecule has 1 heterocycles. The first kappa shape index (κ1) is 20.9. The van der Waals surface area contributed by atoms with Crippen molar-refractivity contribution in [2.24, 2.45) is 10.7 Å². The van der Waals surface area contributed by atoms with Crippen molar-refractivity contribution in [2.45, 2.75) is 19.3 Å². The van der Waals surface area contributed by atoms with Crippen LogP contribution in [0.1, 0.15) is 39.3 Å². The maximum atomic E-state index is 12.1. The SMILES string of the molecule is NC(=NCCCCc1ccc(C(=O)O)cc1)NC(=O)c1nc(Cl)c(N)nc1N. The summed E-state index contributed by atoms with van der Waals surface area (Å²) in [6.45, 7) is 0.406. The molecule has 8 N–H and O–H groups in total. The highest BCUT2D eigenvalue weighted by molar-refractivity contribution is 6.31. The Morgan fingerprint density at radius 2 is 1.79 bits per heavy atom. The zero-order valence-corrected chi connectivity index (χ0v) is 15.6. The molecule has 0 aliphatic rings. The highest BCUT2D eigenvalue weighted by atomic mass is 35.5. The number of guanidine groups is 1. The number of nitrogens with two attached hydrogens (primary N) is 3. The van der Waals surface area contributed by atoms with Gasteiger partial charge in [0.25, 0.3) is 5.91 Å². The number of halogens is 1. The molecule has 0 bridgehead atoms. The standard InChI is InChI=1S/C17H20ClN7O3/c18-12-14(20)24-13(19)11(23-12)15(26)25-17(21)22-8-2-1-3-9-4-6-10(7-5-9)16(27)28/h4-7H,1-3,8H2,(H,27,28)(H4,19,20,24)(H3,21,22,25,26). The van der Waals surface area contributed by atoms with E-state index < -0.39 is 11.9 Å². The molecule has 1 aromatic heterocycles. The van der Waals surface area contributed by atoms with Crippen molar-refractivity contribution in [3.05, 3.63) is 46.2 Å². The lowest BCUT2D eigenvalue weighted by atomic mass is 10.1. The number of hydrogen-bond donors (Lipinski definition) is 5. The quantitative estimate of drug-likeness (QED) is 0.257. The van der Waals surface area contributed by atoms with E-state index in [4.69, 9.17) is 33.9 Å². The highest BCUT2D eigenvalue weighted by Gasteiger charge is 2.16. The van der Waals surface area contributed by atoms with E-state index in [-0.39, 0.29) is 34.0 Å². The van der Waals surface area contributed by atoms with Gasteiger partial charge in [0.1, 0.15) is 0 Å². The Hall–Kier alpha value is -3.40. The predicted molar refractivity (Wildman–Crippen MR) is 106 cm³/mol. The molecule has 0 unspecified atom stereocenters. The Morgan fingerprint density at radius 1 is 1.11 bits per heavy atom. The number of carboxylic acid groups (broad SMARTS) is 1. The molecule has 0 radical (unpaired) electrons. The van der Waals surface area contributed by atoms with E-state index in [1.807, 2.05) is 0 Å². The average molecular weight is 406 g/mol. The monoisotopic (exact) mass is 405 g/mol. The molecule has 10 nitrogen and oxygen atoms in total. The van der Waals surface area contributed by atoms with Gasteiger partial charge in [-0.1, -0.05) is 23.7 Å².